The molecule has 1 aromatic carbocycles. The summed E-state index contributed by atoms with van der Waals surface area (Å²) < 4.78 is 6.34. The third-order valence-corrected chi connectivity index (χ3v) is 2.61. The number of benzene rings is 1. The summed E-state index contributed by atoms with van der Waals surface area (Å²) in [5.74, 6) is 0.915. The summed E-state index contributed by atoms with van der Waals surface area (Å²) in [6, 6.07) is 6.00. The third kappa shape index (κ3) is 4.20. The summed E-state index contributed by atoms with van der Waals surface area (Å²) in [6.45, 7) is 2.47. The van der Waals surface area contributed by atoms with Crippen LogP contribution in [0.4, 0.5) is 0 Å². The van der Waals surface area contributed by atoms with Crippen molar-refractivity contribution >= 4 is 15.9 Å². The molecule has 0 spiro atoms. The minimum Gasteiger partial charge on any atom is -0.496 e. The SMILES string of the molecule is COc1ccc(Br)cc1CNCCCN. The maximum Gasteiger partial charge on any atom is 0.123 e. The number of hydrogen-bond donors (Lipinski definition) is 2. The van der Waals surface area contributed by atoms with Crippen molar-refractivity contribution in [1.82, 2.24) is 5.32 Å². The van der Waals surface area contributed by atoms with E-state index in [0.717, 1.165) is 41.8 Å². The van der Waals surface area contributed by atoms with E-state index in [-0.39, 0.29) is 0 Å². The Morgan fingerprint density at radius 1 is 1.47 bits per heavy atom. The molecule has 0 amide bonds. The average Bonchev–Trinajstić information content (AvgIpc) is 2.25. The van der Waals surface area contributed by atoms with E-state index in [4.69, 9.17) is 10.5 Å². The zero-order valence-electron chi connectivity index (χ0n) is 8.92. The van der Waals surface area contributed by atoms with E-state index in [9.17, 15) is 0 Å². The van der Waals surface area contributed by atoms with Crippen molar-refractivity contribution in [2.24, 2.45) is 5.73 Å². The fourth-order valence-corrected chi connectivity index (χ4v) is 1.74. The first kappa shape index (κ1) is 12.5. The molecule has 0 aromatic heterocycles. The molecular weight excluding hydrogens is 256 g/mol. The maximum atomic E-state index is 5.42. The van der Waals surface area contributed by atoms with Gasteiger partial charge in [0.15, 0.2) is 0 Å². The van der Waals surface area contributed by atoms with Crippen LogP contribution in [0.25, 0.3) is 0 Å². The van der Waals surface area contributed by atoms with Crippen LogP contribution in [0.3, 0.4) is 0 Å². The number of rotatable bonds is 6. The van der Waals surface area contributed by atoms with Crippen LogP contribution in [0.2, 0.25) is 0 Å². The first-order valence-electron chi connectivity index (χ1n) is 5.01. The summed E-state index contributed by atoms with van der Waals surface area (Å²) in [7, 11) is 1.69. The number of halogens is 1. The van der Waals surface area contributed by atoms with Crippen LogP contribution in [0.1, 0.15) is 12.0 Å². The molecule has 0 unspecified atom stereocenters. The highest BCUT2D eigenvalue weighted by Crippen LogP contribution is 2.22. The average molecular weight is 273 g/mol. The summed E-state index contributed by atoms with van der Waals surface area (Å²) in [6.07, 6.45) is 0.996. The van der Waals surface area contributed by atoms with Gasteiger partial charge in [-0.3, -0.25) is 0 Å². The van der Waals surface area contributed by atoms with Gasteiger partial charge >= 0.3 is 0 Å². The lowest BCUT2D eigenvalue weighted by molar-refractivity contribution is 0.407. The number of hydrogen-bond acceptors (Lipinski definition) is 3. The minimum absolute atomic E-state index is 0.725. The molecule has 0 aliphatic rings. The Bertz CT molecular complexity index is 305. The molecule has 4 heteroatoms. The van der Waals surface area contributed by atoms with E-state index in [1.807, 2.05) is 12.1 Å². The van der Waals surface area contributed by atoms with Gasteiger partial charge in [-0.2, -0.15) is 0 Å². The predicted molar refractivity (Wildman–Crippen MR) is 66.1 cm³/mol. The Balaban J connectivity index is 2.54. The highest BCUT2D eigenvalue weighted by atomic mass is 79.9. The van der Waals surface area contributed by atoms with Crippen molar-refractivity contribution in [1.29, 1.82) is 0 Å². The van der Waals surface area contributed by atoms with Gasteiger partial charge in [-0.1, -0.05) is 15.9 Å². The number of nitrogens with two attached hydrogens (primary N) is 1. The number of ether oxygens (including phenoxy) is 1. The lowest BCUT2D eigenvalue weighted by Gasteiger charge is -2.09. The van der Waals surface area contributed by atoms with Crippen molar-refractivity contribution in [3.8, 4) is 5.75 Å². The van der Waals surface area contributed by atoms with Gasteiger partial charge in [0, 0.05) is 16.6 Å². The molecule has 0 saturated heterocycles. The second-order valence-electron chi connectivity index (χ2n) is 3.28. The topological polar surface area (TPSA) is 47.3 Å². The molecule has 3 nitrogen and oxygen atoms in total. The third-order valence-electron chi connectivity index (χ3n) is 2.12. The van der Waals surface area contributed by atoms with E-state index in [1.165, 1.54) is 0 Å². The molecule has 84 valence electrons. The molecule has 3 N–H and O–H groups in total. The molecule has 15 heavy (non-hydrogen) atoms. The Kier molecular flexibility index (Phi) is 5.68. The number of methoxy groups -OCH3 is 1. The monoisotopic (exact) mass is 272 g/mol. The summed E-state index contributed by atoms with van der Waals surface area (Å²) in [4.78, 5) is 0. The molecule has 0 radical (unpaired) electrons. The fraction of sp³-hybridized carbons (Fsp3) is 0.455. The highest BCUT2D eigenvalue weighted by Gasteiger charge is 2.02. The zero-order valence-corrected chi connectivity index (χ0v) is 10.5. The molecule has 1 aromatic rings. The van der Waals surface area contributed by atoms with Gasteiger partial charge in [-0.15, -0.1) is 0 Å². The Labute approximate surface area is 99.1 Å². The first-order valence-corrected chi connectivity index (χ1v) is 5.80. The smallest absolute Gasteiger partial charge is 0.123 e. The van der Waals surface area contributed by atoms with Crippen molar-refractivity contribution in [2.75, 3.05) is 20.2 Å². The largest absolute Gasteiger partial charge is 0.496 e. The summed E-state index contributed by atoms with van der Waals surface area (Å²) in [5, 5.41) is 3.32. The molecule has 0 aliphatic carbocycles. The fourth-order valence-electron chi connectivity index (χ4n) is 1.34. The van der Waals surface area contributed by atoms with Crippen molar-refractivity contribution in [2.45, 2.75) is 13.0 Å². The van der Waals surface area contributed by atoms with E-state index in [2.05, 4.69) is 27.3 Å². The van der Waals surface area contributed by atoms with Gasteiger partial charge < -0.3 is 15.8 Å². The summed E-state index contributed by atoms with van der Waals surface area (Å²) in [5.41, 5.74) is 6.57. The predicted octanol–water partition coefficient (Wildman–Crippen LogP) is 1.90. The maximum absolute atomic E-state index is 5.42. The first-order chi connectivity index (χ1) is 7.27. The normalized spacial score (nSPS) is 10.3. The van der Waals surface area contributed by atoms with Gasteiger partial charge in [-0.25, -0.2) is 0 Å². The molecule has 0 saturated carbocycles. The lowest BCUT2D eigenvalue weighted by atomic mass is 10.2. The number of nitrogens with one attached hydrogen (secondary N) is 1. The van der Waals surface area contributed by atoms with Gasteiger partial charge in [0.2, 0.25) is 0 Å². The second-order valence-corrected chi connectivity index (χ2v) is 4.19. The Morgan fingerprint density at radius 2 is 2.27 bits per heavy atom. The molecule has 0 fully saturated rings. The summed E-state index contributed by atoms with van der Waals surface area (Å²) >= 11 is 3.44. The van der Waals surface area contributed by atoms with Crippen LogP contribution in [-0.2, 0) is 6.54 Å². The van der Waals surface area contributed by atoms with Gasteiger partial charge in [0.25, 0.3) is 0 Å². The Hall–Kier alpha value is -0.580. The van der Waals surface area contributed by atoms with Crippen LogP contribution in [0.5, 0.6) is 5.75 Å². The van der Waals surface area contributed by atoms with Crippen LogP contribution in [0.15, 0.2) is 22.7 Å². The van der Waals surface area contributed by atoms with Crippen LogP contribution < -0.4 is 15.8 Å². The molecular formula is C11H17BrN2O. The van der Waals surface area contributed by atoms with Gasteiger partial charge in [0.1, 0.15) is 5.75 Å². The zero-order chi connectivity index (χ0) is 11.1. The van der Waals surface area contributed by atoms with E-state index in [1.54, 1.807) is 7.11 Å². The molecule has 1 rings (SSSR count). The quantitative estimate of drug-likeness (QED) is 0.778. The van der Waals surface area contributed by atoms with Gasteiger partial charge in [-0.05, 0) is 37.7 Å². The van der Waals surface area contributed by atoms with E-state index >= 15 is 0 Å². The molecule has 0 bridgehead atoms. The lowest BCUT2D eigenvalue weighted by Crippen LogP contribution is -2.18. The molecule has 0 heterocycles. The standard InChI is InChI=1S/C11H17BrN2O/c1-15-11-4-3-10(12)7-9(11)8-14-6-2-5-13/h3-4,7,14H,2,5-6,8,13H2,1H3. The second kappa shape index (κ2) is 6.82. The van der Waals surface area contributed by atoms with E-state index in [0.29, 0.717) is 0 Å². The van der Waals surface area contributed by atoms with Crippen LogP contribution >= 0.6 is 15.9 Å². The van der Waals surface area contributed by atoms with Crippen LogP contribution in [0, 0.1) is 0 Å². The molecule has 0 atom stereocenters. The Morgan fingerprint density at radius 3 is 2.93 bits per heavy atom. The van der Waals surface area contributed by atoms with Gasteiger partial charge in [0.05, 0.1) is 7.11 Å². The minimum atomic E-state index is 0.725. The van der Waals surface area contributed by atoms with Crippen molar-refractivity contribution in [3.05, 3.63) is 28.2 Å². The van der Waals surface area contributed by atoms with Crippen LogP contribution in [-0.4, -0.2) is 20.2 Å². The highest BCUT2D eigenvalue weighted by molar-refractivity contribution is 9.10. The van der Waals surface area contributed by atoms with E-state index < -0.39 is 0 Å². The van der Waals surface area contributed by atoms with Crippen molar-refractivity contribution in [3.63, 3.8) is 0 Å². The van der Waals surface area contributed by atoms with Crippen molar-refractivity contribution < 1.29 is 4.74 Å². The molecule has 0 aliphatic heterocycles.